The lowest BCUT2D eigenvalue weighted by Crippen LogP contribution is -2.20. The number of benzene rings is 1. The molecule has 1 aromatic rings. The Morgan fingerprint density at radius 2 is 1.78 bits per heavy atom. The highest BCUT2D eigenvalue weighted by molar-refractivity contribution is 8.00. The maximum absolute atomic E-state index is 12.1. The van der Waals surface area contributed by atoms with Crippen molar-refractivity contribution in [2.45, 2.75) is 24.8 Å². The molecule has 0 spiro atoms. The highest BCUT2D eigenvalue weighted by Crippen LogP contribution is 2.41. The van der Waals surface area contributed by atoms with Crippen molar-refractivity contribution in [3.8, 4) is 6.07 Å². The van der Waals surface area contributed by atoms with Crippen LogP contribution in [0.25, 0.3) is 0 Å². The summed E-state index contributed by atoms with van der Waals surface area (Å²) in [6, 6.07) is 9.93. The Kier molecular flexibility index (Phi) is 3.58. The van der Waals surface area contributed by atoms with Gasteiger partial charge in [0.05, 0.1) is 11.5 Å². The summed E-state index contributed by atoms with van der Waals surface area (Å²) in [6.07, 6.45) is 1.42. The number of rotatable bonds is 3. The van der Waals surface area contributed by atoms with Gasteiger partial charge in [-0.25, -0.2) is 0 Å². The lowest BCUT2D eigenvalue weighted by molar-refractivity contribution is -0.0328. The Bertz CT molecular complexity index is 451. The number of fused-ring (bicyclic) bond motifs is 1. The van der Waals surface area contributed by atoms with Crippen LogP contribution in [0.1, 0.15) is 17.5 Å². The number of halogens is 3. The quantitative estimate of drug-likeness (QED) is 0.831. The summed E-state index contributed by atoms with van der Waals surface area (Å²) in [5.41, 5.74) is -2.67. The van der Waals surface area contributed by atoms with Crippen molar-refractivity contribution >= 4 is 11.8 Å². The maximum atomic E-state index is 12.1. The van der Waals surface area contributed by atoms with Crippen molar-refractivity contribution in [1.82, 2.24) is 0 Å². The average molecular weight is 271 g/mol. The van der Waals surface area contributed by atoms with Gasteiger partial charge in [-0.1, -0.05) is 36.0 Å². The predicted octanol–water partition coefficient (Wildman–Crippen LogP) is 3.94. The summed E-state index contributed by atoms with van der Waals surface area (Å²) >= 11 is -0.0381. The third-order valence-electron chi connectivity index (χ3n) is 3.26. The molecule has 0 bridgehead atoms. The van der Waals surface area contributed by atoms with Crippen LogP contribution < -0.4 is 0 Å². The van der Waals surface area contributed by atoms with E-state index < -0.39 is 10.9 Å². The Hall–Kier alpha value is -1.15. The zero-order valence-corrected chi connectivity index (χ0v) is 10.4. The predicted molar refractivity (Wildman–Crippen MR) is 65.0 cm³/mol. The van der Waals surface area contributed by atoms with E-state index in [0.717, 1.165) is 11.1 Å². The lowest BCUT2D eigenvalue weighted by atomic mass is 9.84. The van der Waals surface area contributed by atoms with E-state index in [9.17, 15) is 18.4 Å². The number of hydrogen-bond acceptors (Lipinski definition) is 2. The van der Waals surface area contributed by atoms with E-state index in [1.807, 2.05) is 24.3 Å². The van der Waals surface area contributed by atoms with E-state index in [2.05, 4.69) is 6.07 Å². The first-order valence-electron chi connectivity index (χ1n) is 5.63. The van der Waals surface area contributed by atoms with Crippen LogP contribution in [0.4, 0.5) is 13.2 Å². The molecule has 0 N–H and O–H groups in total. The third kappa shape index (κ3) is 2.99. The third-order valence-corrected chi connectivity index (χ3v) is 4.00. The molecule has 18 heavy (non-hydrogen) atoms. The van der Waals surface area contributed by atoms with Gasteiger partial charge in [0, 0.05) is 5.75 Å². The molecule has 0 atom stereocenters. The molecule has 0 fully saturated rings. The van der Waals surface area contributed by atoms with E-state index in [0.29, 0.717) is 12.8 Å². The van der Waals surface area contributed by atoms with Crippen molar-refractivity contribution < 1.29 is 13.2 Å². The van der Waals surface area contributed by atoms with Gasteiger partial charge in [-0.05, 0) is 30.4 Å². The van der Waals surface area contributed by atoms with Crippen LogP contribution in [0.15, 0.2) is 24.3 Å². The molecule has 0 amide bonds. The van der Waals surface area contributed by atoms with Crippen LogP contribution in [0.3, 0.4) is 0 Å². The highest BCUT2D eigenvalue weighted by Gasteiger charge is 2.38. The van der Waals surface area contributed by atoms with Crippen molar-refractivity contribution in [3.63, 3.8) is 0 Å². The molecule has 96 valence electrons. The zero-order valence-electron chi connectivity index (χ0n) is 9.63. The molecule has 0 aromatic heterocycles. The molecule has 0 radical (unpaired) electrons. The van der Waals surface area contributed by atoms with Gasteiger partial charge in [0.25, 0.3) is 0 Å². The average Bonchev–Trinajstić information content (AvgIpc) is 2.66. The normalized spacial score (nSPS) is 17.2. The molecule has 5 heteroatoms. The molecule has 0 aliphatic heterocycles. The van der Waals surface area contributed by atoms with Gasteiger partial charge >= 0.3 is 5.51 Å². The first kappa shape index (κ1) is 13.3. The van der Waals surface area contributed by atoms with Crippen LogP contribution in [-0.4, -0.2) is 11.3 Å². The van der Waals surface area contributed by atoms with Crippen molar-refractivity contribution in [2.75, 3.05) is 5.75 Å². The Labute approximate surface area is 108 Å². The van der Waals surface area contributed by atoms with Gasteiger partial charge in [-0.3, -0.25) is 0 Å². The molecular weight excluding hydrogens is 259 g/mol. The van der Waals surface area contributed by atoms with E-state index >= 15 is 0 Å². The Balaban J connectivity index is 2.01. The van der Waals surface area contributed by atoms with E-state index in [-0.39, 0.29) is 23.9 Å². The van der Waals surface area contributed by atoms with Crippen molar-refractivity contribution in [3.05, 3.63) is 35.4 Å². The minimum Gasteiger partial charge on any atom is -0.198 e. The molecule has 1 nitrogen and oxygen atoms in total. The minimum absolute atomic E-state index is 0.0381. The van der Waals surface area contributed by atoms with Crippen LogP contribution >= 0.6 is 11.8 Å². The zero-order chi connectivity index (χ0) is 13.2. The number of thioether (sulfide) groups is 1. The molecule has 0 heterocycles. The van der Waals surface area contributed by atoms with Crippen molar-refractivity contribution in [1.29, 1.82) is 5.26 Å². The summed E-state index contributed by atoms with van der Waals surface area (Å²) in [6.45, 7) is 0. The summed E-state index contributed by atoms with van der Waals surface area (Å²) in [7, 11) is 0. The minimum atomic E-state index is -4.21. The fourth-order valence-electron chi connectivity index (χ4n) is 2.37. The molecule has 0 saturated heterocycles. The second kappa shape index (κ2) is 4.85. The van der Waals surface area contributed by atoms with E-state index in [1.54, 1.807) is 0 Å². The van der Waals surface area contributed by atoms with Crippen molar-refractivity contribution in [2.24, 2.45) is 5.41 Å². The first-order valence-corrected chi connectivity index (χ1v) is 6.61. The highest BCUT2D eigenvalue weighted by atomic mass is 32.2. The van der Waals surface area contributed by atoms with Gasteiger partial charge < -0.3 is 0 Å². The van der Waals surface area contributed by atoms with Crippen LogP contribution in [0.2, 0.25) is 0 Å². The van der Waals surface area contributed by atoms with Crippen LogP contribution in [-0.2, 0) is 12.8 Å². The molecule has 2 rings (SSSR count). The summed E-state index contributed by atoms with van der Waals surface area (Å²) < 4.78 is 36.3. The van der Waals surface area contributed by atoms with E-state index in [1.165, 1.54) is 0 Å². The molecule has 0 unspecified atom stereocenters. The molecule has 1 aromatic carbocycles. The van der Waals surface area contributed by atoms with Gasteiger partial charge in [0.1, 0.15) is 0 Å². The molecule has 0 saturated carbocycles. The van der Waals surface area contributed by atoms with E-state index in [4.69, 9.17) is 0 Å². The summed E-state index contributed by atoms with van der Waals surface area (Å²) in [5.74, 6) is -0.0505. The van der Waals surface area contributed by atoms with Crippen LogP contribution in [0.5, 0.6) is 0 Å². The fourth-order valence-corrected chi connectivity index (χ4v) is 3.09. The SMILES string of the molecule is N#CC1(CCSC(F)(F)F)Cc2ccccc2C1. The molecular formula is C13H12F3NS. The second-order valence-corrected chi connectivity index (χ2v) is 5.72. The van der Waals surface area contributed by atoms with Gasteiger partial charge in [0.2, 0.25) is 0 Å². The Morgan fingerprint density at radius 1 is 1.22 bits per heavy atom. The van der Waals surface area contributed by atoms with Gasteiger partial charge in [0.15, 0.2) is 0 Å². The summed E-state index contributed by atoms with van der Waals surface area (Å²) in [5, 5.41) is 9.28. The molecule has 1 aliphatic rings. The summed E-state index contributed by atoms with van der Waals surface area (Å²) in [4.78, 5) is 0. The topological polar surface area (TPSA) is 23.8 Å². The van der Waals surface area contributed by atoms with Gasteiger partial charge in [-0.15, -0.1) is 0 Å². The smallest absolute Gasteiger partial charge is 0.198 e. The second-order valence-electron chi connectivity index (χ2n) is 4.56. The number of nitriles is 1. The molecule has 1 aliphatic carbocycles. The lowest BCUT2D eigenvalue weighted by Gasteiger charge is -2.20. The van der Waals surface area contributed by atoms with Crippen LogP contribution in [0, 0.1) is 16.7 Å². The Morgan fingerprint density at radius 3 is 2.22 bits per heavy atom. The number of alkyl halides is 3. The monoisotopic (exact) mass is 271 g/mol. The number of hydrogen-bond donors (Lipinski definition) is 0. The van der Waals surface area contributed by atoms with Gasteiger partial charge in [-0.2, -0.15) is 18.4 Å². The standard InChI is InChI=1S/C13H12F3NS/c14-13(15,16)18-6-5-12(9-17)7-10-3-1-2-4-11(10)8-12/h1-4H,5-8H2. The number of nitrogens with zero attached hydrogens (tertiary/aromatic N) is 1. The largest absolute Gasteiger partial charge is 0.441 e. The first-order chi connectivity index (χ1) is 8.44. The maximum Gasteiger partial charge on any atom is 0.441 e. The fraction of sp³-hybridized carbons (Fsp3) is 0.462.